The van der Waals surface area contributed by atoms with Crippen LogP contribution < -0.4 is 15.4 Å². The first kappa shape index (κ1) is 18.2. The van der Waals surface area contributed by atoms with Crippen LogP contribution in [0.15, 0.2) is 53.5 Å². The van der Waals surface area contributed by atoms with E-state index in [1.54, 1.807) is 26.3 Å². The molecule has 3 rings (SSSR count). The number of hydrogen-bond donors (Lipinski definition) is 2. The van der Waals surface area contributed by atoms with Gasteiger partial charge in [-0.25, -0.2) is 4.39 Å². The van der Waals surface area contributed by atoms with Crippen LogP contribution in [0.3, 0.4) is 0 Å². The minimum absolute atomic E-state index is 0.137. The van der Waals surface area contributed by atoms with Crippen LogP contribution in [0.4, 0.5) is 4.39 Å². The monoisotopic (exact) mass is 357 g/mol. The smallest absolute Gasteiger partial charge is 0.191 e. The van der Waals surface area contributed by atoms with Crippen molar-refractivity contribution in [3.63, 3.8) is 0 Å². The zero-order valence-electron chi connectivity index (χ0n) is 15.0. The highest BCUT2D eigenvalue weighted by atomic mass is 19.1. The standard InChI is InChI=1S/C20H24FN3O2/c1-22-20(23-13-19(25-2)14-7-9-15(21)10-8-14)24-17-11-12-26-18-6-4-3-5-16(17)18/h3-10,17,19H,11-13H2,1-2H3,(H2,22,23,24). The molecule has 2 N–H and O–H groups in total. The Morgan fingerprint density at radius 1 is 1.27 bits per heavy atom. The summed E-state index contributed by atoms with van der Waals surface area (Å²) in [7, 11) is 3.38. The molecule has 0 amide bonds. The minimum Gasteiger partial charge on any atom is -0.493 e. The van der Waals surface area contributed by atoms with E-state index in [4.69, 9.17) is 9.47 Å². The highest BCUT2D eigenvalue weighted by Gasteiger charge is 2.22. The molecule has 1 aliphatic heterocycles. The highest BCUT2D eigenvalue weighted by molar-refractivity contribution is 5.80. The van der Waals surface area contributed by atoms with Crippen molar-refractivity contribution >= 4 is 5.96 Å². The van der Waals surface area contributed by atoms with Crippen LogP contribution in [0.5, 0.6) is 5.75 Å². The van der Waals surface area contributed by atoms with E-state index in [1.807, 2.05) is 18.2 Å². The second-order valence-corrected chi connectivity index (χ2v) is 6.10. The Hall–Kier alpha value is -2.60. The molecule has 5 nitrogen and oxygen atoms in total. The number of hydrogen-bond acceptors (Lipinski definition) is 3. The lowest BCUT2D eigenvalue weighted by molar-refractivity contribution is 0.106. The third-order valence-electron chi connectivity index (χ3n) is 4.47. The molecule has 1 heterocycles. The van der Waals surface area contributed by atoms with E-state index in [-0.39, 0.29) is 18.0 Å². The van der Waals surface area contributed by atoms with Crippen molar-refractivity contribution in [1.82, 2.24) is 10.6 Å². The third kappa shape index (κ3) is 4.32. The molecule has 2 aromatic carbocycles. The van der Waals surface area contributed by atoms with E-state index in [2.05, 4.69) is 21.7 Å². The quantitative estimate of drug-likeness (QED) is 0.637. The number of methoxy groups -OCH3 is 1. The summed E-state index contributed by atoms with van der Waals surface area (Å²) in [6, 6.07) is 14.5. The molecular formula is C20H24FN3O2. The van der Waals surface area contributed by atoms with Gasteiger partial charge in [0.25, 0.3) is 0 Å². The zero-order valence-corrected chi connectivity index (χ0v) is 15.0. The fraction of sp³-hybridized carbons (Fsp3) is 0.350. The van der Waals surface area contributed by atoms with E-state index in [0.29, 0.717) is 19.1 Å². The maximum atomic E-state index is 13.1. The van der Waals surface area contributed by atoms with Crippen molar-refractivity contribution in [3.8, 4) is 5.75 Å². The lowest BCUT2D eigenvalue weighted by atomic mass is 10.0. The number of para-hydroxylation sites is 1. The number of rotatable bonds is 5. The lowest BCUT2D eigenvalue weighted by Crippen LogP contribution is -2.42. The normalized spacial score (nSPS) is 17.8. The van der Waals surface area contributed by atoms with Crippen molar-refractivity contribution in [1.29, 1.82) is 0 Å². The summed E-state index contributed by atoms with van der Waals surface area (Å²) in [6.07, 6.45) is 0.666. The van der Waals surface area contributed by atoms with Gasteiger partial charge < -0.3 is 20.1 Å². The van der Waals surface area contributed by atoms with Gasteiger partial charge >= 0.3 is 0 Å². The number of fused-ring (bicyclic) bond motifs is 1. The molecule has 2 unspecified atom stereocenters. The number of halogens is 1. The number of nitrogens with one attached hydrogen (secondary N) is 2. The highest BCUT2D eigenvalue weighted by Crippen LogP contribution is 2.31. The van der Waals surface area contributed by atoms with Gasteiger partial charge in [-0.1, -0.05) is 30.3 Å². The van der Waals surface area contributed by atoms with Gasteiger partial charge in [-0.2, -0.15) is 0 Å². The van der Waals surface area contributed by atoms with Crippen LogP contribution in [0, 0.1) is 5.82 Å². The first-order chi connectivity index (χ1) is 12.7. The number of guanidine groups is 1. The molecular weight excluding hydrogens is 333 g/mol. The summed E-state index contributed by atoms with van der Waals surface area (Å²) < 4.78 is 24.3. The van der Waals surface area contributed by atoms with Crippen LogP contribution >= 0.6 is 0 Å². The average Bonchev–Trinajstić information content (AvgIpc) is 2.69. The van der Waals surface area contributed by atoms with Gasteiger partial charge in [0.05, 0.1) is 18.8 Å². The van der Waals surface area contributed by atoms with Gasteiger partial charge in [-0.3, -0.25) is 4.99 Å². The molecule has 0 saturated carbocycles. The SMILES string of the molecule is CN=C(NCC(OC)c1ccc(F)cc1)NC1CCOc2ccccc21. The maximum absolute atomic E-state index is 13.1. The Kier molecular flexibility index (Phi) is 6.07. The lowest BCUT2D eigenvalue weighted by Gasteiger charge is -2.28. The predicted molar refractivity (Wildman–Crippen MR) is 99.9 cm³/mol. The van der Waals surface area contributed by atoms with Crippen LogP contribution in [0.25, 0.3) is 0 Å². The average molecular weight is 357 g/mol. The first-order valence-corrected chi connectivity index (χ1v) is 8.68. The third-order valence-corrected chi connectivity index (χ3v) is 4.47. The van der Waals surface area contributed by atoms with Crippen molar-refractivity contribution < 1.29 is 13.9 Å². The fourth-order valence-corrected chi connectivity index (χ4v) is 3.06. The van der Waals surface area contributed by atoms with Crippen molar-refractivity contribution in [2.24, 2.45) is 4.99 Å². The second-order valence-electron chi connectivity index (χ2n) is 6.10. The second kappa shape index (κ2) is 8.67. The number of ether oxygens (including phenoxy) is 2. The first-order valence-electron chi connectivity index (χ1n) is 8.68. The van der Waals surface area contributed by atoms with E-state index < -0.39 is 0 Å². The maximum Gasteiger partial charge on any atom is 0.191 e. The zero-order chi connectivity index (χ0) is 18.4. The molecule has 6 heteroatoms. The van der Waals surface area contributed by atoms with Gasteiger partial charge in [0.1, 0.15) is 11.6 Å². The molecule has 2 atom stereocenters. The molecule has 0 aromatic heterocycles. The molecule has 1 aliphatic rings. The van der Waals surface area contributed by atoms with Gasteiger partial charge in [0.2, 0.25) is 0 Å². The largest absolute Gasteiger partial charge is 0.493 e. The molecule has 2 aromatic rings. The van der Waals surface area contributed by atoms with Crippen molar-refractivity contribution in [2.45, 2.75) is 18.6 Å². The molecule has 138 valence electrons. The fourth-order valence-electron chi connectivity index (χ4n) is 3.06. The summed E-state index contributed by atoms with van der Waals surface area (Å²) in [5.74, 6) is 1.34. The Labute approximate surface area is 153 Å². The predicted octanol–water partition coefficient (Wildman–Crippen LogP) is 3.20. The van der Waals surface area contributed by atoms with Gasteiger partial charge in [-0.05, 0) is 23.8 Å². The van der Waals surface area contributed by atoms with E-state index in [1.165, 1.54) is 12.1 Å². The van der Waals surface area contributed by atoms with Gasteiger partial charge in [0.15, 0.2) is 5.96 Å². The summed E-state index contributed by atoms with van der Waals surface area (Å²) >= 11 is 0. The summed E-state index contributed by atoms with van der Waals surface area (Å²) in [4.78, 5) is 4.31. The molecule has 0 radical (unpaired) electrons. The van der Waals surface area contributed by atoms with E-state index in [9.17, 15) is 4.39 Å². The van der Waals surface area contributed by atoms with Gasteiger partial charge in [0, 0.05) is 32.7 Å². The minimum atomic E-state index is -0.257. The molecule has 0 saturated heterocycles. The summed E-state index contributed by atoms with van der Waals surface area (Å²) in [6.45, 7) is 1.19. The molecule has 0 fully saturated rings. The van der Waals surface area contributed by atoms with Crippen LogP contribution in [0.1, 0.15) is 29.7 Å². The Morgan fingerprint density at radius 3 is 2.77 bits per heavy atom. The van der Waals surface area contributed by atoms with Crippen molar-refractivity contribution in [2.75, 3.05) is 27.3 Å². The summed E-state index contributed by atoms with van der Waals surface area (Å²) in [5, 5.41) is 6.74. The van der Waals surface area contributed by atoms with Crippen LogP contribution in [-0.2, 0) is 4.74 Å². The Bertz CT molecular complexity index is 749. The Balaban J connectivity index is 1.62. The Morgan fingerprint density at radius 2 is 2.04 bits per heavy atom. The summed E-state index contributed by atoms with van der Waals surface area (Å²) in [5.41, 5.74) is 2.04. The molecule has 26 heavy (non-hydrogen) atoms. The van der Waals surface area contributed by atoms with Crippen LogP contribution in [-0.4, -0.2) is 33.3 Å². The molecule has 0 aliphatic carbocycles. The molecule has 0 bridgehead atoms. The number of nitrogens with zero attached hydrogens (tertiary/aromatic N) is 1. The number of benzene rings is 2. The number of aliphatic imine (C=N–C) groups is 1. The van der Waals surface area contributed by atoms with E-state index in [0.717, 1.165) is 23.3 Å². The molecule has 0 spiro atoms. The van der Waals surface area contributed by atoms with Gasteiger partial charge in [-0.15, -0.1) is 0 Å². The van der Waals surface area contributed by atoms with Crippen LogP contribution in [0.2, 0.25) is 0 Å². The van der Waals surface area contributed by atoms with Crippen molar-refractivity contribution in [3.05, 3.63) is 65.5 Å². The topological polar surface area (TPSA) is 54.9 Å². The van der Waals surface area contributed by atoms with E-state index >= 15 is 0 Å².